The van der Waals surface area contributed by atoms with E-state index in [9.17, 15) is 0 Å². The lowest BCUT2D eigenvalue weighted by atomic mass is 10.2. The van der Waals surface area contributed by atoms with Gasteiger partial charge in [0.25, 0.3) is 0 Å². The number of rotatable bonds is 1. The standard InChI is InChI=1S/C11H13NO.BrH/c1-7(2)11-12-9-6-8(3)4-5-10(9)13-11;/h4-7H,1-3H3;1H. The number of benzene rings is 1. The lowest BCUT2D eigenvalue weighted by Gasteiger charge is -1.93. The van der Waals surface area contributed by atoms with Gasteiger partial charge in [-0.1, -0.05) is 19.9 Å². The summed E-state index contributed by atoms with van der Waals surface area (Å²) in [4.78, 5) is 4.41. The van der Waals surface area contributed by atoms with Crippen LogP contribution in [0.5, 0.6) is 0 Å². The van der Waals surface area contributed by atoms with Crippen molar-refractivity contribution in [3.05, 3.63) is 29.7 Å². The van der Waals surface area contributed by atoms with Crippen LogP contribution in [-0.4, -0.2) is 4.98 Å². The van der Waals surface area contributed by atoms with Crippen molar-refractivity contribution in [1.82, 2.24) is 4.98 Å². The maximum Gasteiger partial charge on any atom is 0.198 e. The van der Waals surface area contributed by atoms with E-state index >= 15 is 0 Å². The highest BCUT2D eigenvalue weighted by Crippen LogP contribution is 2.21. The molecule has 0 radical (unpaired) electrons. The maximum atomic E-state index is 5.57. The van der Waals surface area contributed by atoms with E-state index in [0.29, 0.717) is 5.92 Å². The number of oxazole rings is 1. The lowest BCUT2D eigenvalue weighted by molar-refractivity contribution is 0.501. The van der Waals surface area contributed by atoms with Crippen LogP contribution in [0, 0.1) is 6.92 Å². The summed E-state index contributed by atoms with van der Waals surface area (Å²) in [6, 6.07) is 6.06. The molecule has 0 N–H and O–H groups in total. The van der Waals surface area contributed by atoms with E-state index in [-0.39, 0.29) is 17.0 Å². The van der Waals surface area contributed by atoms with Crippen LogP contribution in [0.1, 0.15) is 31.2 Å². The average molecular weight is 256 g/mol. The summed E-state index contributed by atoms with van der Waals surface area (Å²) < 4.78 is 5.57. The van der Waals surface area contributed by atoms with E-state index in [2.05, 4.69) is 25.8 Å². The molecule has 3 heteroatoms. The van der Waals surface area contributed by atoms with Gasteiger partial charge in [0.15, 0.2) is 11.5 Å². The molecule has 1 heterocycles. The van der Waals surface area contributed by atoms with E-state index in [4.69, 9.17) is 4.42 Å². The molecule has 0 unspecified atom stereocenters. The molecule has 76 valence electrons. The molecule has 0 saturated heterocycles. The molecule has 2 aromatic rings. The van der Waals surface area contributed by atoms with Crippen molar-refractivity contribution in [1.29, 1.82) is 0 Å². The lowest BCUT2D eigenvalue weighted by Crippen LogP contribution is -1.84. The molecule has 2 nitrogen and oxygen atoms in total. The van der Waals surface area contributed by atoms with Crippen molar-refractivity contribution in [2.24, 2.45) is 0 Å². The summed E-state index contributed by atoms with van der Waals surface area (Å²) in [5.74, 6) is 1.17. The second-order valence-corrected chi connectivity index (χ2v) is 3.68. The Morgan fingerprint density at radius 2 is 2.00 bits per heavy atom. The topological polar surface area (TPSA) is 26.0 Å². The minimum absolute atomic E-state index is 0. The fraction of sp³-hybridized carbons (Fsp3) is 0.364. The highest BCUT2D eigenvalue weighted by molar-refractivity contribution is 8.93. The summed E-state index contributed by atoms with van der Waals surface area (Å²) in [6.07, 6.45) is 0. The molecule has 1 aromatic heterocycles. The monoisotopic (exact) mass is 255 g/mol. The first kappa shape index (κ1) is 11.2. The summed E-state index contributed by atoms with van der Waals surface area (Å²) in [5.41, 5.74) is 3.06. The van der Waals surface area contributed by atoms with Crippen LogP contribution in [0.25, 0.3) is 11.1 Å². The SMILES string of the molecule is Br.Cc1ccc2oc(C(C)C)nc2c1. The quantitative estimate of drug-likeness (QED) is 0.774. The van der Waals surface area contributed by atoms with E-state index in [1.54, 1.807) is 0 Å². The zero-order chi connectivity index (χ0) is 9.42. The number of fused-ring (bicyclic) bond motifs is 1. The second-order valence-electron chi connectivity index (χ2n) is 3.68. The zero-order valence-electron chi connectivity index (χ0n) is 8.57. The molecule has 0 saturated carbocycles. The Labute approximate surface area is 94.1 Å². The number of hydrogen-bond donors (Lipinski definition) is 0. The highest BCUT2D eigenvalue weighted by atomic mass is 79.9. The first-order chi connectivity index (χ1) is 6.16. The average Bonchev–Trinajstić information content (AvgIpc) is 2.46. The fourth-order valence-electron chi connectivity index (χ4n) is 1.30. The van der Waals surface area contributed by atoms with Crippen LogP contribution < -0.4 is 0 Å². The van der Waals surface area contributed by atoms with Crippen molar-refractivity contribution in [3.63, 3.8) is 0 Å². The van der Waals surface area contributed by atoms with Gasteiger partial charge in [0.2, 0.25) is 0 Å². The molecule has 0 aliphatic heterocycles. The van der Waals surface area contributed by atoms with Gasteiger partial charge < -0.3 is 4.42 Å². The second kappa shape index (κ2) is 4.13. The van der Waals surface area contributed by atoms with Crippen LogP contribution in [0.15, 0.2) is 22.6 Å². The molecule has 0 aliphatic carbocycles. The minimum Gasteiger partial charge on any atom is -0.440 e. The first-order valence-corrected chi connectivity index (χ1v) is 4.54. The third-order valence-corrected chi connectivity index (χ3v) is 2.05. The summed E-state index contributed by atoms with van der Waals surface area (Å²) in [6.45, 7) is 6.22. The van der Waals surface area contributed by atoms with Gasteiger partial charge in [0, 0.05) is 5.92 Å². The Morgan fingerprint density at radius 3 is 2.64 bits per heavy atom. The molecule has 1 aromatic carbocycles. The third-order valence-electron chi connectivity index (χ3n) is 2.05. The van der Waals surface area contributed by atoms with Crippen LogP contribution in [0.3, 0.4) is 0 Å². The number of nitrogens with zero attached hydrogens (tertiary/aromatic N) is 1. The van der Waals surface area contributed by atoms with Gasteiger partial charge in [-0.2, -0.15) is 0 Å². The molecule has 2 rings (SSSR count). The van der Waals surface area contributed by atoms with Crippen LogP contribution in [-0.2, 0) is 0 Å². The number of halogens is 1. The van der Waals surface area contributed by atoms with Gasteiger partial charge in [-0.15, -0.1) is 17.0 Å². The third kappa shape index (κ3) is 1.98. The molecule has 0 aliphatic rings. The van der Waals surface area contributed by atoms with Crippen molar-refractivity contribution in [2.45, 2.75) is 26.7 Å². The number of aryl methyl sites for hydroxylation is 1. The molecule has 0 atom stereocenters. The Balaban J connectivity index is 0.000000980. The predicted octanol–water partition coefficient (Wildman–Crippen LogP) is 3.84. The fourth-order valence-corrected chi connectivity index (χ4v) is 1.30. The van der Waals surface area contributed by atoms with E-state index < -0.39 is 0 Å². The van der Waals surface area contributed by atoms with E-state index in [1.165, 1.54) is 5.56 Å². The van der Waals surface area contributed by atoms with Gasteiger partial charge in [-0.3, -0.25) is 0 Å². The summed E-state index contributed by atoms with van der Waals surface area (Å²) in [5, 5.41) is 0. The Morgan fingerprint density at radius 1 is 1.29 bits per heavy atom. The molecular weight excluding hydrogens is 242 g/mol. The van der Waals surface area contributed by atoms with Crippen LogP contribution in [0.2, 0.25) is 0 Å². The largest absolute Gasteiger partial charge is 0.440 e. The summed E-state index contributed by atoms with van der Waals surface area (Å²) in [7, 11) is 0. The van der Waals surface area contributed by atoms with Crippen molar-refractivity contribution in [2.75, 3.05) is 0 Å². The van der Waals surface area contributed by atoms with Crippen LogP contribution >= 0.6 is 17.0 Å². The maximum absolute atomic E-state index is 5.57. The minimum atomic E-state index is 0. The number of hydrogen-bond acceptors (Lipinski definition) is 2. The van der Waals surface area contributed by atoms with Crippen LogP contribution in [0.4, 0.5) is 0 Å². The molecule has 0 bridgehead atoms. The van der Waals surface area contributed by atoms with Gasteiger partial charge >= 0.3 is 0 Å². The first-order valence-electron chi connectivity index (χ1n) is 4.54. The van der Waals surface area contributed by atoms with Gasteiger partial charge in [0.1, 0.15) is 5.52 Å². The molecule has 14 heavy (non-hydrogen) atoms. The van der Waals surface area contributed by atoms with Crippen molar-refractivity contribution >= 4 is 28.1 Å². The van der Waals surface area contributed by atoms with Gasteiger partial charge in [-0.25, -0.2) is 4.98 Å². The van der Waals surface area contributed by atoms with Crippen molar-refractivity contribution < 1.29 is 4.42 Å². The normalized spacial score (nSPS) is 10.6. The van der Waals surface area contributed by atoms with Gasteiger partial charge in [-0.05, 0) is 24.6 Å². The van der Waals surface area contributed by atoms with E-state index in [1.807, 2.05) is 18.2 Å². The smallest absolute Gasteiger partial charge is 0.198 e. The Bertz CT molecular complexity index is 434. The number of aromatic nitrogens is 1. The Kier molecular flexibility index (Phi) is 3.32. The molecule has 0 fully saturated rings. The van der Waals surface area contributed by atoms with Gasteiger partial charge in [0.05, 0.1) is 0 Å². The molecule has 0 spiro atoms. The summed E-state index contributed by atoms with van der Waals surface area (Å²) >= 11 is 0. The molecular formula is C11H14BrNO. The predicted molar refractivity (Wildman–Crippen MR) is 63.2 cm³/mol. The van der Waals surface area contributed by atoms with Crippen molar-refractivity contribution in [3.8, 4) is 0 Å². The Hall–Kier alpha value is -0.830. The highest BCUT2D eigenvalue weighted by Gasteiger charge is 2.08. The van der Waals surface area contributed by atoms with E-state index in [0.717, 1.165) is 17.0 Å². The zero-order valence-corrected chi connectivity index (χ0v) is 10.3. The molecule has 0 amide bonds.